The van der Waals surface area contributed by atoms with Crippen LogP contribution < -0.4 is 4.90 Å². The van der Waals surface area contributed by atoms with E-state index in [2.05, 4.69) is 4.74 Å². The van der Waals surface area contributed by atoms with Gasteiger partial charge in [-0.3, -0.25) is 9.59 Å². The van der Waals surface area contributed by atoms with Crippen molar-refractivity contribution in [1.29, 1.82) is 0 Å². The number of carbonyl (C=O) groups is 2. The number of para-hydroxylation sites is 1. The van der Waals surface area contributed by atoms with Crippen LogP contribution in [0.2, 0.25) is 0 Å². The summed E-state index contributed by atoms with van der Waals surface area (Å²) in [4.78, 5) is 25.0. The second-order valence-electron chi connectivity index (χ2n) is 4.91. The molecule has 0 bridgehead atoms. The number of hydrogen-bond acceptors (Lipinski definition) is 3. The number of methoxy groups -OCH3 is 1. The molecule has 0 aliphatic rings. The topological polar surface area (TPSA) is 46.6 Å². The van der Waals surface area contributed by atoms with E-state index in [9.17, 15) is 9.59 Å². The quantitative estimate of drug-likeness (QED) is 0.796. The van der Waals surface area contributed by atoms with Gasteiger partial charge in [-0.1, -0.05) is 48.5 Å². The summed E-state index contributed by atoms with van der Waals surface area (Å²) in [5, 5.41) is 0. The first-order valence-electron chi connectivity index (χ1n) is 7.11. The van der Waals surface area contributed by atoms with E-state index >= 15 is 0 Å². The molecule has 2 aromatic rings. The van der Waals surface area contributed by atoms with Crippen molar-refractivity contribution >= 4 is 17.6 Å². The van der Waals surface area contributed by atoms with Crippen LogP contribution in [0.3, 0.4) is 0 Å². The van der Waals surface area contributed by atoms with E-state index in [4.69, 9.17) is 0 Å². The average molecular weight is 297 g/mol. The first-order chi connectivity index (χ1) is 10.6. The van der Waals surface area contributed by atoms with Crippen LogP contribution in [-0.2, 0) is 14.3 Å². The predicted molar refractivity (Wildman–Crippen MR) is 86.5 cm³/mol. The van der Waals surface area contributed by atoms with Crippen molar-refractivity contribution < 1.29 is 14.3 Å². The summed E-state index contributed by atoms with van der Waals surface area (Å²) in [6, 6.07) is 17.6. The van der Waals surface area contributed by atoms with Gasteiger partial charge >= 0.3 is 5.97 Å². The molecule has 0 aliphatic heterocycles. The fourth-order valence-corrected chi connectivity index (χ4v) is 2.24. The SMILES string of the molecule is COC(=O)CCC(=O)N(C)c1ccccc1-c1ccccc1. The second kappa shape index (κ2) is 7.41. The predicted octanol–water partition coefficient (Wildman–Crippen LogP) is 3.27. The lowest BCUT2D eigenvalue weighted by atomic mass is 10.0. The van der Waals surface area contributed by atoms with Gasteiger partial charge in [-0.25, -0.2) is 0 Å². The molecule has 22 heavy (non-hydrogen) atoms. The lowest BCUT2D eigenvalue weighted by molar-refractivity contribution is -0.141. The van der Waals surface area contributed by atoms with Crippen molar-refractivity contribution in [1.82, 2.24) is 0 Å². The minimum Gasteiger partial charge on any atom is -0.469 e. The minimum atomic E-state index is -0.377. The van der Waals surface area contributed by atoms with Gasteiger partial charge in [0, 0.05) is 19.0 Å². The van der Waals surface area contributed by atoms with Gasteiger partial charge < -0.3 is 9.64 Å². The van der Waals surface area contributed by atoms with Crippen LogP contribution in [-0.4, -0.2) is 26.0 Å². The number of rotatable bonds is 5. The van der Waals surface area contributed by atoms with Crippen LogP contribution in [0.4, 0.5) is 5.69 Å². The molecule has 114 valence electrons. The lowest BCUT2D eigenvalue weighted by Crippen LogP contribution is -2.27. The number of amides is 1. The third-order valence-electron chi connectivity index (χ3n) is 3.49. The largest absolute Gasteiger partial charge is 0.469 e. The van der Waals surface area contributed by atoms with Gasteiger partial charge in [0.15, 0.2) is 0 Å². The molecular formula is C18H19NO3. The second-order valence-corrected chi connectivity index (χ2v) is 4.91. The molecule has 0 aromatic heterocycles. The summed E-state index contributed by atoms with van der Waals surface area (Å²) < 4.78 is 4.57. The van der Waals surface area contributed by atoms with E-state index in [1.807, 2.05) is 54.6 Å². The highest BCUT2D eigenvalue weighted by molar-refractivity contribution is 5.98. The van der Waals surface area contributed by atoms with Crippen molar-refractivity contribution in [3.63, 3.8) is 0 Å². The Labute approximate surface area is 130 Å². The number of anilines is 1. The first-order valence-corrected chi connectivity index (χ1v) is 7.11. The number of esters is 1. The smallest absolute Gasteiger partial charge is 0.306 e. The zero-order valence-electron chi connectivity index (χ0n) is 12.8. The number of hydrogen-bond donors (Lipinski definition) is 0. The number of ether oxygens (including phenoxy) is 1. The third-order valence-corrected chi connectivity index (χ3v) is 3.49. The molecule has 0 fully saturated rings. The van der Waals surface area contributed by atoms with Crippen molar-refractivity contribution in [2.24, 2.45) is 0 Å². The number of benzene rings is 2. The zero-order chi connectivity index (χ0) is 15.9. The molecule has 0 aliphatic carbocycles. The van der Waals surface area contributed by atoms with Crippen molar-refractivity contribution in [2.75, 3.05) is 19.1 Å². The maximum Gasteiger partial charge on any atom is 0.306 e. The molecule has 2 aromatic carbocycles. The number of carbonyl (C=O) groups excluding carboxylic acids is 2. The van der Waals surface area contributed by atoms with Gasteiger partial charge in [-0.05, 0) is 11.6 Å². The van der Waals surface area contributed by atoms with Crippen molar-refractivity contribution in [3.8, 4) is 11.1 Å². The Morgan fingerprint density at radius 2 is 1.59 bits per heavy atom. The summed E-state index contributed by atoms with van der Waals surface area (Å²) in [6.07, 6.45) is 0.222. The Balaban J connectivity index is 2.22. The van der Waals surface area contributed by atoms with Crippen LogP contribution in [0.25, 0.3) is 11.1 Å². The highest BCUT2D eigenvalue weighted by atomic mass is 16.5. The van der Waals surface area contributed by atoms with E-state index in [0.717, 1.165) is 16.8 Å². The maximum absolute atomic E-state index is 12.3. The lowest BCUT2D eigenvalue weighted by Gasteiger charge is -2.20. The Morgan fingerprint density at radius 1 is 0.955 bits per heavy atom. The Morgan fingerprint density at radius 3 is 2.27 bits per heavy atom. The van der Waals surface area contributed by atoms with Crippen LogP contribution in [0.5, 0.6) is 0 Å². The molecule has 0 unspecified atom stereocenters. The molecule has 0 heterocycles. The number of nitrogens with zero attached hydrogens (tertiary/aromatic N) is 1. The van der Waals surface area contributed by atoms with Crippen LogP contribution >= 0.6 is 0 Å². The molecule has 4 nitrogen and oxygen atoms in total. The Bertz CT molecular complexity index is 652. The Kier molecular flexibility index (Phi) is 5.31. The minimum absolute atomic E-state index is 0.0905. The molecule has 0 N–H and O–H groups in total. The van der Waals surface area contributed by atoms with Gasteiger partial charge in [-0.2, -0.15) is 0 Å². The molecule has 1 amide bonds. The molecular weight excluding hydrogens is 278 g/mol. The fraction of sp³-hybridized carbons (Fsp3) is 0.222. The van der Waals surface area contributed by atoms with E-state index < -0.39 is 0 Å². The average Bonchev–Trinajstić information content (AvgIpc) is 2.59. The fourth-order valence-electron chi connectivity index (χ4n) is 2.24. The molecule has 0 saturated carbocycles. The van der Waals surface area contributed by atoms with E-state index in [1.54, 1.807) is 11.9 Å². The highest BCUT2D eigenvalue weighted by Crippen LogP contribution is 2.30. The van der Waals surface area contributed by atoms with Gasteiger partial charge in [0.1, 0.15) is 0 Å². The normalized spacial score (nSPS) is 10.1. The summed E-state index contributed by atoms with van der Waals surface area (Å²) in [6.45, 7) is 0. The molecule has 0 radical (unpaired) electrons. The summed E-state index contributed by atoms with van der Waals surface area (Å²) in [7, 11) is 3.04. The first kappa shape index (κ1) is 15.8. The molecule has 0 atom stereocenters. The van der Waals surface area contributed by atoms with Crippen LogP contribution in [0, 0.1) is 0 Å². The van der Waals surface area contributed by atoms with Crippen LogP contribution in [0.1, 0.15) is 12.8 Å². The van der Waals surface area contributed by atoms with Crippen molar-refractivity contribution in [2.45, 2.75) is 12.8 Å². The van der Waals surface area contributed by atoms with Gasteiger partial charge in [0.2, 0.25) is 5.91 Å². The zero-order valence-corrected chi connectivity index (χ0v) is 12.8. The molecule has 2 rings (SSSR count). The maximum atomic E-state index is 12.3. The molecule has 4 heteroatoms. The van der Waals surface area contributed by atoms with Gasteiger partial charge in [0.25, 0.3) is 0 Å². The highest BCUT2D eigenvalue weighted by Gasteiger charge is 2.16. The van der Waals surface area contributed by atoms with E-state index in [1.165, 1.54) is 7.11 Å². The molecule has 0 saturated heterocycles. The van der Waals surface area contributed by atoms with E-state index in [0.29, 0.717) is 0 Å². The van der Waals surface area contributed by atoms with Gasteiger partial charge in [0.05, 0.1) is 19.2 Å². The standard InChI is InChI=1S/C18H19NO3/c1-19(17(20)12-13-18(21)22-2)16-11-7-6-10-15(16)14-8-4-3-5-9-14/h3-11H,12-13H2,1-2H3. The summed E-state index contributed by atoms with van der Waals surface area (Å²) in [5.41, 5.74) is 2.85. The Hall–Kier alpha value is -2.62. The summed E-state index contributed by atoms with van der Waals surface area (Å²) in [5.74, 6) is -0.494. The monoisotopic (exact) mass is 297 g/mol. The summed E-state index contributed by atoms with van der Waals surface area (Å²) >= 11 is 0. The third kappa shape index (κ3) is 3.73. The van der Waals surface area contributed by atoms with Gasteiger partial charge in [-0.15, -0.1) is 0 Å². The van der Waals surface area contributed by atoms with Crippen molar-refractivity contribution in [3.05, 3.63) is 54.6 Å². The molecule has 0 spiro atoms. The van der Waals surface area contributed by atoms with Crippen LogP contribution in [0.15, 0.2) is 54.6 Å². The van der Waals surface area contributed by atoms with E-state index in [-0.39, 0.29) is 24.7 Å².